The lowest BCUT2D eigenvalue weighted by Crippen LogP contribution is -2.61. The van der Waals surface area contributed by atoms with Gasteiger partial charge in [-0.15, -0.1) is 22.7 Å². The SMILES string of the molecule is CC(C)(C)c1cc(-c2ccccc2)c(N2c3ccc(-c4cccc5c4sc4ccccc45)cc3B3c4cc(-c5cccc6c5sc5ccccc56)ccc4N(c4c(-c5ccccc5)cc(C(C)(C)C)cc4-c4ccccc4)c4cc(C(C)(C)C)cc2c43)c(-c2ccccc2)c1. The molecule has 2 aliphatic rings. The van der Waals surface area contributed by atoms with E-state index in [0.29, 0.717) is 0 Å². The lowest BCUT2D eigenvalue weighted by atomic mass is 9.33. The van der Waals surface area contributed by atoms with Crippen molar-refractivity contribution in [3.63, 3.8) is 0 Å². The third-order valence-electron chi connectivity index (χ3n) is 20.1. The molecule has 0 aliphatic carbocycles. The van der Waals surface area contributed by atoms with E-state index in [-0.39, 0.29) is 23.0 Å². The van der Waals surface area contributed by atoms with Crippen molar-refractivity contribution in [2.75, 3.05) is 9.80 Å². The molecule has 13 aromatic carbocycles. The van der Waals surface area contributed by atoms with Crippen molar-refractivity contribution in [3.05, 3.63) is 296 Å². The number of nitrogens with zero attached hydrogens (tertiary/aromatic N) is 2. The monoisotopic (exact) mass is 1260 g/mol. The Labute approximate surface area is 567 Å². The minimum absolute atomic E-state index is 0.165. The first-order valence-electron chi connectivity index (χ1n) is 33.5. The lowest BCUT2D eigenvalue weighted by molar-refractivity contribution is 0.590. The van der Waals surface area contributed by atoms with Gasteiger partial charge in [0.05, 0.1) is 11.4 Å². The van der Waals surface area contributed by atoms with Crippen LogP contribution < -0.4 is 26.2 Å². The molecule has 2 aromatic heterocycles. The summed E-state index contributed by atoms with van der Waals surface area (Å²) in [7, 11) is 0. The first kappa shape index (κ1) is 58.8. The molecular formula is C90H73BN2S2. The summed E-state index contributed by atoms with van der Waals surface area (Å²) in [4.78, 5) is 5.45. The number of anilines is 6. The standard InChI is InChI=1S/C90H73BN2S2/c1-88(2,3)62-50-71(56-28-14-10-15-29-56)84(72(51-62)57-30-16-11-17-31-57)92-77-46-44-60(65-38-26-40-69-67-36-22-24-42-81(67)94-86(65)69)48-75(77)91-76-49-61(66-39-27-41-70-68-37-23-25-43-82(68)95-87(66)70)45-47-78(76)93(80-55-64(90(7,8)9)54-79(92)83(80)91)85-73(58-32-18-12-19-33-58)52-63(89(4,5)6)53-74(85)59-34-20-13-21-35-59/h10-55H,1-9H3. The Kier molecular flexibility index (Phi) is 13.8. The molecule has 0 saturated heterocycles. The third-order valence-corrected chi connectivity index (χ3v) is 22.5. The smallest absolute Gasteiger partial charge is 0.252 e. The fraction of sp³-hybridized carbons (Fsp3) is 0.133. The molecule has 95 heavy (non-hydrogen) atoms. The van der Waals surface area contributed by atoms with Gasteiger partial charge in [-0.3, -0.25) is 0 Å². The molecule has 2 nitrogen and oxygen atoms in total. The molecule has 0 bridgehead atoms. The van der Waals surface area contributed by atoms with Gasteiger partial charge in [0.1, 0.15) is 0 Å². The Balaban J connectivity index is 1.07. The van der Waals surface area contributed by atoms with Crippen LogP contribution in [0.2, 0.25) is 0 Å². The van der Waals surface area contributed by atoms with Crippen molar-refractivity contribution >= 4 is 120 Å². The fourth-order valence-corrected chi connectivity index (χ4v) is 17.6. The maximum Gasteiger partial charge on any atom is 0.252 e. The second kappa shape index (κ2) is 22.3. The highest BCUT2D eigenvalue weighted by Gasteiger charge is 2.46. The zero-order chi connectivity index (χ0) is 64.6. The number of rotatable bonds is 8. The predicted molar refractivity (Wildman–Crippen MR) is 415 cm³/mol. The predicted octanol–water partition coefficient (Wildman–Crippen LogP) is 24.4. The van der Waals surface area contributed by atoms with Crippen molar-refractivity contribution in [2.24, 2.45) is 0 Å². The normalized spacial score (nSPS) is 13.0. The van der Waals surface area contributed by atoms with Gasteiger partial charge in [-0.25, -0.2) is 0 Å². The second-order valence-electron chi connectivity index (χ2n) is 29.2. The zero-order valence-corrected chi connectivity index (χ0v) is 57.0. The minimum atomic E-state index is -0.278. The van der Waals surface area contributed by atoms with Crippen LogP contribution in [-0.4, -0.2) is 6.71 Å². The van der Waals surface area contributed by atoms with Gasteiger partial charge in [0.2, 0.25) is 0 Å². The summed E-state index contributed by atoms with van der Waals surface area (Å²) in [6.07, 6.45) is 0. The minimum Gasteiger partial charge on any atom is -0.310 e. The topological polar surface area (TPSA) is 6.48 Å². The largest absolute Gasteiger partial charge is 0.310 e. The van der Waals surface area contributed by atoms with Gasteiger partial charge >= 0.3 is 0 Å². The average Bonchev–Trinajstić information content (AvgIpc) is 1.19. The van der Waals surface area contributed by atoms with Crippen LogP contribution in [0.1, 0.15) is 79.0 Å². The van der Waals surface area contributed by atoms with Gasteiger partial charge < -0.3 is 9.80 Å². The van der Waals surface area contributed by atoms with Crippen molar-refractivity contribution < 1.29 is 0 Å². The molecule has 2 aliphatic heterocycles. The van der Waals surface area contributed by atoms with Crippen molar-refractivity contribution in [1.29, 1.82) is 0 Å². The van der Waals surface area contributed by atoms with Crippen LogP contribution in [0.4, 0.5) is 34.1 Å². The van der Waals surface area contributed by atoms with Crippen molar-refractivity contribution in [2.45, 2.75) is 78.6 Å². The Hall–Kier alpha value is -10.0. The molecule has 0 atom stereocenters. The van der Waals surface area contributed by atoms with Gasteiger partial charge in [-0.05, 0) is 154 Å². The number of thiophene rings is 2. The summed E-state index contributed by atoms with van der Waals surface area (Å²) >= 11 is 3.81. The van der Waals surface area contributed by atoms with Crippen LogP contribution in [0.25, 0.3) is 107 Å². The Morgan fingerprint density at radius 3 is 0.926 bits per heavy atom. The van der Waals surface area contributed by atoms with E-state index in [1.807, 2.05) is 22.7 Å². The van der Waals surface area contributed by atoms with E-state index >= 15 is 0 Å². The van der Waals surface area contributed by atoms with E-state index < -0.39 is 0 Å². The zero-order valence-electron chi connectivity index (χ0n) is 55.3. The molecular weight excluding hydrogens is 1180 g/mol. The highest BCUT2D eigenvalue weighted by molar-refractivity contribution is 7.26. The van der Waals surface area contributed by atoms with E-state index in [1.54, 1.807) is 0 Å². The Morgan fingerprint density at radius 2 is 0.579 bits per heavy atom. The summed E-state index contributed by atoms with van der Waals surface area (Å²) in [6.45, 7) is 21.1. The van der Waals surface area contributed by atoms with Gasteiger partial charge in [0.15, 0.2) is 0 Å². The van der Waals surface area contributed by atoms with Crippen LogP contribution in [0.15, 0.2) is 279 Å². The third kappa shape index (κ3) is 9.80. The number of hydrogen-bond acceptors (Lipinski definition) is 4. The highest BCUT2D eigenvalue weighted by atomic mass is 32.1. The molecule has 4 heterocycles. The summed E-state index contributed by atoms with van der Waals surface area (Å²) in [5.41, 5.74) is 28.5. The highest BCUT2D eigenvalue weighted by Crippen LogP contribution is 2.56. The first-order chi connectivity index (χ1) is 46.0. The molecule has 0 N–H and O–H groups in total. The van der Waals surface area contributed by atoms with Crippen LogP contribution >= 0.6 is 22.7 Å². The molecule has 0 spiro atoms. The number of benzene rings is 13. The molecule has 0 unspecified atom stereocenters. The second-order valence-corrected chi connectivity index (χ2v) is 31.3. The van der Waals surface area contributed by atoms with E-state index in [1.165, 1.54) is 163 Å². The number of fused-ring (bicyclic) bond motifs is 10. The van der Waals surface area contributed by atoms with Gasteiger partial charge in [-0.2, -0.15) is 0 Å². The lowest BCUT2D eigenvalue weighted by Gasteiger charge is -2.47. The van der Waals surface area contributed by atoms with E-state index in [9.17, 15) is 0 Å². The molecule has 0 saturated carbocycles. The van der Waals surface area contributed by atoms with E-state index in [0.717, 1.165) is 11.4 Å². The average molecular weight is 1260 g/mol. The summed E-state index contributed by atoms with van der Waals surface area (Å²) in [5, 5.41) is 5.19. The maximum absolute atomic E-state index is 2.73. The van der Waals surface area contributed by atoms with Crippen molar-refractivity contribution in [1.82, 2.24) is 0 Å². The molecule has 15 aromatic rings. The first-order valence-corrected chi connectivity index (χ1v) is 35.1. The van der Waals surface area contributed by atoms with Crippen LogP contribution in [0, 0.1) is 0 Å². The van der Waals surface area contributed by atoms with Crippen LogP contribution in [0.5, 0.6) is 0 Å². The molecule has 458 valence electrons. The number of hydrogen-bond donors (Lipinski definition) is 0. The Bertz CT molecular complexity index is 5090. The maximum atomic E-state index is 2.73. The van der Waals surface area contributed by atoms with Gasteiger partial charge in [-0.1, -0.05) is 281 Å². The van der Waals surface area contributed by atoms with Gasteiger partial charge in [0, 0.05) is 85.3 Å². The molecule has 0 fully saturated rings. The van der Waals surface area contributed by atoms with Crippen LogP contribution in [-0.2, 0) is 16.2 Å². The molecule has 0 amide bonds. The molecule has 0 radical (unpaired) electrons. The fourth-order valence-electron chi connectivity index (χ4n) is 15.2. The summed E-state index contributed by atoms with van der Waals surface area (Å²) < 4.78 is 5.22. The quantitative estimate of drug-likeness (QED) is 0.140. The summed E-state index contributed by atoms with van der Waals surface area (Å²) in [6, 6.07) is 107. The van der Waals surface area contributed by atoms with Gasteiger partial charge in [0.25, 0.3) is 6.71 Å². The molecule has 5 heteroatoms. The van der Waals surface area contributed by atoms with E-state index in [4.69, 9.17) is 0 Å². The van der Waals surface area contributed by atoms with E-state index in [2.05, 4.69) is 351 Å². The van der Waals surface area contributed by atoms with Crippen LogP contribution in [0.3, 0.4) is 0 Å². The Morgan fingerprint density at radius 1 is 0.263 bits per heavy atom. The molecule has 17 rings (SSSR count). The summed E-state index contributed by atoms with van der Waals surface area (Å²) in [5.74, 6) is 0. The van der Waals surface area contributed by atoms with Crippen molar-refractivity contribution in [3.8, 4) is 66.8 Å².